The maximum absolute atomic E-state index is 12.1. The second-order valence-electron chi connectivity index (χ2n) is 6.10. The number of likely N-dealkylation sites (tertiary alicyclic amines) is 1. The first-order valence-corrected chi connectivity index (χ1v) is 9.09. The molecule has 1 aromatic carbocycles. The van der Waals surface area contributed by atoms with Crippen LogP contribution in [0.2, 0.25) is 0 Å². The molecule has 0 unspecified atom stereocenters. The van der Waals surface area contributed by atoms with E-state index in [2.05, 4.69) is 6.07 Å². The van der Waals surface area contributed by atoms with Gasteiger partial charge in [-0.25, -0.2) is 4.79 Å². The minimum Gasteiger partial charge on any atom is -0.423 e. The first kappa shape index (κ1) is 16.1. The average molecular weight is 331 g/mol. The first-order valence-electron chi connectivity index (χ1n) is 7.94. The first-order chi connectivity index (χ1) is 11.0. The van der Waals surface area contributed by atoms with E-state index in [1.165, 1.54) is 5.56 Å². The fourth-order valence-corrected chi connectivity index (χ4v) is 3.83. The van der Waals surface area contributed by atoms with Gasteiger partial charge in [0.1, 0.15) is 5.58 Å². The SMILES string of the molecule is Cc1cc2oc(=O)cc(CSCC(=O)N3CCCC3)c2cc1C. The van der Waals surface area contributed by atoms with Crippen LogP contribution >= 0.6 is 11.8 Å². The highest BCUT2D eigenvalue weighted by molar-refractivity contribution is 7.99. The van der Waals surface area contributed by atoms with Crippen molar-refractivity contribution in [1.29, 1.82) is 0 Å². The third-order valence-electron chi connectivity index (χ3n) is 4.39. The molecule has 0 aliphatic carbocycles. The molecule has 0 atom stereocenters. The van der Waals surface area contributed by atoms with Crippen LogP contribution in [0.4, 0.5) is 0 Å². The fourth-order valence-electron chi connectivity index (χ4n) is 2.91. The topological polar surface area (TPSA) is 50.5 Å². The van der Waals surface area contributed by atoms with E-state index in [-0.39, 0.29) is 11.5 Å². The maximum Gasteiger partial charge on any atom is 0.336 e. The van der Waals surface area contributed by atoms with Gasteiger partial charge in [-0.1, -0.05) is 0 Å². The minimum atomic E-state index is -0.331. The van der Waals surface area contributed by atoms with E-state index >= 15 is 0 Å². The Balaban J connectivity index is 1.75. The second-order valence-corrected chi connectivity index (χ2v) is 7.09. The van der Waals surface area contributed by atoms with Crippen LogP contribution in [-0.2, 0) is 10.5 Å². The molecular formula is C18H21NO3S. The Morgan fingerprint density at radius 1 is 1.17 bits per heavy atom. The number of hydrogen-bond donors (Lipinski definition) is 0. The number of thioether (sulfide) groups is 1. The molecule has 0 bridgehead atoms. The largest absolute Gasteiger partial charge is 0.423 e. The van der Waals surface area contributed by atoms with Crippen LogP contribution in [0.5, 0.6) is 0 Å². The van der Waals surface area contributed by atoms with Crippen molar-refractivity contribution < 1.29 is 9.21 Å². The lowest BCUT2D eigenvalue weighted by Crippen LogP contribution is -2.29. The van der Waals surface area contributed by atoms with Crippen molar-refractivity contribution in [3.05, 3.63) is 45.3 Å². The second kappa shape index (κ2) is 6.79. The minimum absolute atomic E-state index is 0.201. The van der Waals surface area contributed by atoms with Gasteiger partial charge in [0, 0.05) is 30.3 Å². The molecule has 122 valence electrons. The van der Waals surface area contributed by atoms with Crippen molar-refractivity contribution in [2.45, 2.75) is 32.4 Å². The zero-order chi connectivity index (χ0) is 16.4. The van der Waals surface area contributed by atoms with Crippen LogP contribution < -0.4 is 5.63 Å². The molecule has 1 fully saturated rings. The Morgan fingerprint density at radius 2 is 1.87 bits per heavy atom. The summed E-state index contributed by atoms with van der Waals surface area (Å²) in [6.07, 6.45) is 2.22. The predicted molar refractivity (Wildman–Crippen MR) is 93.9 cm³/mol. The number of fused-ring (bicyclic) bond motifs is 1. The van der Waals surface area contributed by atoms with E-state index < -0.39 is 0 Å². The highest BCUT2D eigenvalue weighted by Crippen LogP contribution is 2.25. The van der Waals surface area contributed by atoms with Gasteiger partial charge >= 0.3 is 5.63 Å². The number of amides is 1. The van der Waals surface area contributed by atoms with E-state index in [9.17, 15) is 9.59 Å². The van der Waals surface area contributed by atoms with E-state index in [0.29, 0.717) is 17.1 Å². The summed E-state index contributed by atoms with van der Waals surface area (Å²) in [5.41, 5.74) is 3.52. The van der Waals surface area contributed by atoms with Gasteiger partial charge in [-0.15, -0.1) is 11.8 Å². The van der Waals surface area contributed by atoms with Gasteiger partial charge in [0.15, 0.2) is 0 Å². The summed E-state index contributed by atoms with van der Waals surface area (Å²) in [7, 11) is 0. The molecule has 1 aliphatic rings. The summed E-state index contributed by atoms with van der Waals surface area (Å²) >= 11 is 1.56. The summed E-state index contributed by atoms with van der Waals surface area (Å²) in [5.74, 6) is 1.31. The number of carbonyl (C=O) groups excluding carboxylic acids is 1. The van der Waals surface area contributed by atoms with Gasteiger partial charge in [-0.2, -0.15) is 0 Å². The van der Waals surface area contributed by atoms with Crippen molar-refractivity contribution in [3.8, 4) is 0 Å². The molecule has 0 spiro atoms. The molecule has 3 rings (SSSR count). The van der Waals surface area contributed by atoms with Crippen LogP contribution in [-0.4, -0.2) is 29.6 Å². The van der Waals surface area contributed by atoms with E-state index in [1.54, 1.807) is 17.8 Å². The zero-order valence-electron chi connectivity index (χ0n) is 13.6. The van der Waals surface area contributed by atoms with Crippen LogP contribution in [0.25, 0.3) is 11.0 Å². The molecule has 0 N–H and O–H groups in total. The van der Waals surface area contributed by atoms with Crippen LogP contribution in [0.3, 0.4) is 0 Å². The van der Waals surface area contributed by atoms with E-state index in [1.807, 2.05) is 24.8 Å². The lowest BCUT2D eigenvalue weighted by molar-refractivity contribution is -0.127. The number of aryl methyl sites for hydroxylation is 2. The Morgan fingerprint density at radius 3 is 2.61 bits per heavy atom. The lowest BCUT2D eigenvalue weighted by Gasteiger charge is -2.14. The molecule has 1 aromatic heterocycles. The van der Waals surface area contributed by atoms with Crippen LogP contribution in [0.1, 0.15) is 29.5 Å². The molecule has 23 heavy (non-hydrogen) atoms. The third-order valence-corrected chi connectivity index (χ3v) is 5.35. The molecular weight excluding hydrogens is 310 g/mol. The number of rotatable bonds is 4. The summed E-state index contributed by atoms with van der Waals surface area (Å²) in [5, 5.41) is 0.967. The lowest BCUT2D eigenvalue weighted by atomic mass is 10.0. The molecule has 0 radical (unpaired) electrons. The molecule has 1 aliphatic heterocycles. The fraction of sp³-hybridized carbons (Fsp3) is 0.444. The third kappa shape index (κ3) is 3.61. The average Bonchev–Trinajstić information content (AvgIpc) is 3.03. The Bertz CT molecular complexity index is 791. The normalized spacial score (nSPS) is 14.6. The molecule has 1 saturated heterocycles. The van der Waals surface area contributed by atoms with Crippen molar-refractivity contribution in [2.24, 2.45) is 0 Å². The van der Waals surface area contributed by atoms with Gasteiger partial charge in [0.25, 0.3) is 0 Å². The van der Waals surface area contributed by atoms with Gasteiger partial charge in [0.05, 0.1) is 5.75 Å². The molecule has 2 heterocycles. The smallest absolute Gasteiger partial charge is 0.336 e. The molecule has 0 saturated carbocycles. The van der Waals surface area contributed by atoms with Crippen LogP contribution in [0, 0.1) is 13.8 Å². The standard InChI is InChI=1S/C18H21NO3S/c1-12-7-15-14(9-18(21)22-16(15)8-13(12)2)10-23-11-17(20)19-5-3-4-6-19/h7-9H,3-6,10-11H2,1-2H3. The Labute approximate surface area is 139 Å². The van der Waals surface area contributed by atoms with Gasteiger partial charge in [-0.3, -0.25) is 4.79 Å². The van der Waals surface area contributed by atoms with Crippen molar-refractivity contribution in [3.63, 3.8) is 0 Å². The van der Waals surface area contributed by atoms with Crippen LogP contribution in [0.15, 0.2) is 27.4 Å². The van der Waals surface area contributed by atoms with Gasteiger partial charge < -0.3 is 9.32 Å². The van der Waals surface area contributed by atoms with Crippen molar-refractivity contribution in [2.75, 3.05) is 18.8 Å². The quantitative estimate of drug-likeness (QED) is 0.807. The predicted octanol–water partition coefficient (Wildman–Crippen LogP) is 3.27. The van der Waals surface area contributed by atoms with E-state index in [0.717, 1.165) is 42.4 Å². The highest BCUT2D eigenvalue weighted by Gasteiger charge is 2.17. The summed E-state index contributed by atoms with van der Waals surface area (Å²) < 4.78 is 5.31. The summed E-state index contributed by atoms with van der Waals surface area (Å²) in [6.45, 7) is 5.82. The van der Waals surface area contributed by atoms with Crippen molar-refractivity contribution >= 4 is 28.6 Å². The van der Waals surface area contributed by atoms with Crippen molar-refractivity contribution in [1.82, 2.24) is 4.90 Å². The number of carbonyl (C=O) groups is 1. The maximum atomic E-state index is 12.1. The van der Waals surface area contributed by atoms with Gasteiger partial charge in [0.2, 0.25) is 5.91 Å². The number of benzene rings is 1. The monoisotopic (exact) mass is 331 g/mol. The molecule has 2 aromatic rings. The summed E-state index contributed by atoms with van der Waals surface area (Å²) in [6, 6.07) is 5.52. The molecule has 4 nitrogen and oxygen atoms in total. The summed E-state index contributed by atoms with van der Waals surface area (Å²) in [4.78, 5) is 25.8. The zero-order valence-corrected chi connectivity index (χ0v) is 14.4. The molecule has 5 heteroatoms. The van der Waals surface area contributed by atoms with Gasteiger partial charge in [-0.05, 0) is 55.5 Å². The number of nitrogens with zero attached hydrogens (tertiary/aromatic N) is 1. The molecule has 1 amide bonds. The highest BCUT2D eigenvalue weighted by atomic mass is 32.2. The Hall–Kier alpha value is -1.75. The Kier molecular flexibility index (Phi) is 4.76. The number of hydrogen-bond acceptors (Lipinski definition) is 4. The van der Waals surface area contributed by atoms with E-state index in [4.69, 9.17) is 4.42 Å².